The van der Waals surface area contributed by atoms with E-state index in [1.165, 1.54) is 18.4 Å². The Balaban J connectivity index is 2.72. The lowest BCUT2D eigenvalue weighted by atomic mass is 10.1. The van der Waals surface area contributed by atoms with E-state index < -0.39 is 0 Å². The molecule has 0 saturated heterocycles. The number of aryl methyl sites for hydroxylation is 1. The molecule has 3 heteroatoms. The molecule has 0 unspecified atom stereocenters. The number of hydrogen-bond acceptors (Lipinski definition) is 3. The fourth-order valence-electron chi connectivity index (χ4n) is 1.16. The zero-order valence-electron chi connectivity index (χ0n) is 7.38. The summed E-state index contributed by atoms with van der Waals surface area (Å²) in [6.07, 6.45) is 3.39. The highest BCUT2D eigenvalue weighted by Crippen LogP contribution is 2.11. The third-order valence-electron chi connectivity index (χ3n) is 1.74. The quantitative estimate of drug-likeness (QED) is 0.714. The van der Waals surface area contributed by atoms with Crippen LogP contribution < -0.4 is 11.5 Å². The van der Waals surface area contributed by atoms with Crippen molar-refractivity contribution in [3.63, 3.8) is 0 Å². The Labute approximate surface area is 72.8 Å². The van der Waals surface area contributed by atoms with Crippen molar-refractivity contribution < 1.29 is 0 Å². The molecule has 0 amide bonds. The van der Waals surface area contributed by atoms with Crippen LogP contribution in [0, 0.1) is 0 Å². The van der Waals surface area contributed by atoms with Gasteiger partial charge in [0.1, 0.15) is 11.6 Å². The van der Waals surface area contributed by atoms with Gasteiger partial charge in [0.05, 0.1) is 0 Å². The van der Waals surface area contributed by atoms with Crippen LogP contribution in [0.15, 0.2) is 12.1 Å². The maximum Gasteiger partial charge on any atom is 0.126 e. The minimum absolute atomic E-state index is 0.515. The van der Waals surface area contributed by atoms with Crippen molar-refractivity contribution in [1.82, 2.24) is 4.98 Å². The van der Waals surface area contributed by atoms with Gasteiger partial charge < -0.3 is 11.5 Å². The van der Waals surface area contributed by atoms with E-state index >= 15 is 0 Å². The van der Waals surface area contributed by atoms with E-state index in [9.17, 15) is 0 Å². The Kier molecular flexibility index (Phi) is 2.91. The summed E-state index contributed by atoms with van der Waals surface area (Å²) in [5.41, 5.74) is 12.3. The van der Waals surface area contributed by atoms with Crippen LogP contribution in [0.1, 0.15) is 25.3 Å². The van der Waals surface area contributed by atoms with Gasteiger partial charge in [-0.3, -0.25) is 0 Å². The molecule has 0 aromatic carbocycles. The monoisotopic (exact) mass is 165 g/mol. The number of aromatic nitrogens is 1. The largest absolute Gasteiger partial charge is 0.384 e. The molecule has 0 bridgehead atoms. The number of hydrogen-bond donors (Lipinski definition) is 2. The van der Waals surface area contributed by atoms with E-state index in [1.807, 2.05) is 12.1 Å². The number of rotatable bonds is 3. The summed E-state index contributed by atoms with van der Waals surface area (Å²) in [5, 5.41) is 0. The second kappa shape index (κ2) is 3.95. The maximum absolute atomic E-state index is 5.54. The Morgan fingerprint density at radius 2 is 1.83 bits per heavy atom. The standard InChI is InChI=1S/C9H15N3/c1-2-3-4-7-5-8(10)12-9(11)6-7/h5-6H,2-4H2,1H3,(H4,10,11,12). The summed E-state index contributed by atoms with van der Waals surface area (Å²) in [6, 6.07) is 3.76. The van der Waals surface area contributed by atoms with E-state index in [-0.39, 0.29) is 0 Å². The summed E-state index contributed by atoms with van der Waals surface area (Å²) in [5.74, 6) is 1.03. The number of anilines is 2. The molecule has 0 fully saturated rings. The van der Waals surface area contributed by atoms with Gasteiger partial charge in [0.2, 0.25) is 0 Å². The highest BCUT2D eigenvalue weighted by Gasteiger charge is 1.96. The predicted octanol–water partition coefficient (Wildman–Crippen LogP) is 1.59. The molecule has 0 aliphatic carbocycles. The van der Waals surface area contributed by atoms with Gasteiger partial charge in [-0.1, -0.05) is 13.3 Å². The van der Waals surface area contributed by atoms with E-state index in [2.05, 4.69) is 11.9 Å². The van der Waals surface area contributed by atoms with E-state index in [1.54, 1.807) is 0 Å². The average Bonchev–Trinajstić information content (AvgIpc) is 1.99. The molecule has 0 saturated carbocycles. The first-order valence-corrected chi connectivity index (χ1v) is 4.24. The number of unbranched alkanes of at least 4 members (excludes halogenated alkanes) is 1. The smallest absolute Gasteiger partial charge is 0.126 e. The van der Waals surface area contributed by atoms with E-state index in [0.29, 0.717) is 11.6 Å². The van der Waals surface area contributed by atoms with Crippen LogP contribution in [0.5, 0.6) is 0 Å². The molecule has 0 aliphatic rings. The predicted molar refractivity (Wildman–Crippen MR) is 51.7 cm³/mol. The van der Waals surface area contributed by atoms with Gasteiger partial charge in [0, 0.05) is 0 Å². The van der Waals surface area contributed by atoms with Crippen molar-refractivity contribution in [2.75, 3.05) is 11.5 Å². The van der Waals surface area contributed by atoms with Gasteiger partial charge in [-0.15, -0.1) is 0 Å². The van der Waals surface area contributed by atoms with Gasteiger partial charge in [-0.05, 0) is 30.5 Å². The van der Waals surface area contributed by atoms with E-state index in [4.69, 9.17) is 11.5 Å². The second-order valence-electron chi connectivity index (χ2n) is 2.93. The Morgan fingerprint density at radius 3 is 2.33 bits per heavy atom. The van der Waals surface area contributed by atoms with E-state index in [0.717, 1.165) is 6.42 Å². The van der Waals surface area contributed by atoms with Gasteiger partial charge >= 0.3 is 0 Å². The first-order chi connectivity index (χ1) is 5.72. The van der Waals surface area contributed by atoms with Crippen molar-refractivity contribution in [2.24, 2.45) is 0 Å². The number of nitrogens with zero attached hydrogens (tertiary/aromatic N) is 1. The lowest BCUT2D eigenvalue weighted by Crippen LogP contribution is -1.98. The number of nitrogens with two attached hydrogens (primary N) is 2. The third-order valence-corrected chi connectivity index (χ3v) is 1.74. The summed E-state index contributed by atoms with van der Waals surface area (Å²) >= 11 is 0. The molecule has 3 nitrogen and oxygen atoms in total. The normalized spacial score (nSPS) is 10.1. The lowest BCUT2D eigenvalue weighted by Gasteiger charge is -2.02. The van der Waals surface area contributed by atoms with Crippen LogP contribution >= 0.6 is 0 Å². The molecule has 12 heavy (non-hydrogen) atoms. The molecule has 1 aromatic rings. The Morgan fingerprint density at radius 1 is 1.25 bits per heavy atom. The van der Waals surface area contributed by atoms with Gasteiger partial charge in [-0.2, -0.15) is 0 Å². The maximum atomic E-state index is 5.54. The minimum Gasteiger partial charge on any atom is -0.384 e. The van der Waals surface area contributed by atoms with Gasteiger partial charge in [0.25, 0.3) is 0 Å². The zero-order chi connectivity index (χ0) is 8.97. The fraction of sp³-hybridized carbons (Fsp3) is 0.444. The number of nitrogen functional groups attached to an aromatic ring is 2. The Hall–Kier alpha value is -1.25. The molecule has 0 spiro atoms. The number of pyridine rings is 1. The first-order valence-electron chi connectivity index (χ1n) is 4.24. The SMILES string of the molecule is CCCCc1cc(N)nc(N)c1. The molecular formula is C9H15N3. The average molecular weight is 165 g/mol. The van der Waals surface area contributed by atoms with Crippen molar-refractivity contribution in [2.45, 2.75) is 26.2 Å². The zero-order valence-corrected chi connectivity index (χ0v) is 7.38. The summed E-state index contributed by atoms with van der Waals surface area (Å²) in [6.45, 7) is 2.16. The summed E-state index contributed by atoms with van der Waals surface area (Å²) in [4.78, 5) is 3.90. The minimum atomic E-state index is 0.515. The first kappa shape index (κ1) is 8.84. The highest BCUT2D eigenvalue weighted by molar-refractivity contribution is 5.43. The molecule has 66 valence electrons. The van der Waals surface area contributed by atoms with Crippen LogP contribution in [0.2, 0.25) is 0 Å². The van der Waals surface area contributed by atoms with Crippen LogP contribution in [0.3, 0.4) is 0 Å². The highest BCUT2D eigenvalue weighted by atomic mass is 14.9. The molecule has 4 N–H and O–H groups in total. The molecule has 1 rings (SSSR count). The molecule has 0 radical (unpaired) electrons. The summed E-state index contributed by atoms with van der Waals surface area (Å²) < 4.78 is 0. The van der Waals surface area contributed by atoms with Crippen molar-refractivity contribution in [3.05, 3.63) is 17.7 Å². The van der Waals surface area contributed by atoms with Crippen molar-refractivity contribution in [3.8, 4) is 0 Å². The lowest BCUT2D eigenvalue weighted by molar-refractivity contribution is 0.794. The van der Waals surface area contributed by atoms with Crippen LogP contribution in [-0.2, 0) is 6.42 Å². The van der Waals surface area contributed by atoms with Crippen molar-refractivity contribution in [1.29, 1.82) is 0 Å². The molecular weight excluding hydrogens is 150 g/mol. The van der Waals surface area contributed by atoms with Crippen molar-refractivity contribution >= 4 is 11.6 Å². The van der Waals surface area contributed by atoms with Gasteiger partial charge in [-0.25, -0.2) is 4.98 Å². The Bertz CT molecular complexity index is 238. The van der Waals surface area contributed by atoms with Crippen LogP contribution in [-0.4, -0.2) is 4.98 Å². The van der Waals surface area contributed by atoms with Crippen LogP contribution in [0.25, 0.3) is 0 Å². The third kappa shape index (κ3) is 2.42. The second-order valence-corrected chi connectivity index (χ2v) is 2.93. The molecule has 0 aliphatic heterocycles. The van der Waals surface area contributed by atoms with Crippen LogP contribution in [0.4, 0.5) is 11.6 Å². The summed E-state index contributed by atoms with van der Waals surface area (Å²) in [7, 11) is 0. The van der Waals surface area contributed by atoms with Gasteiger partial charge in [0.15, 0.2) is 0 Å². The molecule has 1 aromatic heterocycles. The fourth-order valence-corrected chi connectivity index (χ4v) is 1.16. The molecule has 0 atom stereocenters. The molecule has 1 heterocycles. The topological polar surface area (TPSA) is 64.9 Å².